The minimum Gasteiger partial charge on any atom is -0.478 e. The number of ether oxygens (including phenoxy) is 1. The number of hydrogen-bond acceptors (Lipinski definition) is 3. The third kappa shape index (κ3) is 3.19. The van der Waals surface area contributed by atoms with Crippen LogP contribution in [0.4, 0.5) is 5.69 Å². The van der Waals surface area contributed by atoms with Gasteiger partial charge in [0.25, 0.3) is 0 Å². The van der Waals surface area contributed by atoms with Crippen molar-refractivity contribution >= 4 is 23.3 Å². The summed E-state index contributed by atoms with van der Waals surface area (Å²) in [6, 6.07) is 5.18. The Hall–Kier alpha value is -1.26. The van der Waals surface area contributed by atoms with Crippen LogP contribution in [0.1, 0.15) is 30.1 Å². The number of carbonyl (C=O) groups is 1. The normalized spacial score (nSPS) is 18.5. The van der Waals surface area contributed by atoms with Gasteiger partial charge in [-0.25, -0.2) is 4.79 Å². The average molecular weight is 284 g/mol. The lowest BCUT2D eigenvalue weighted by atomic mass is 10.1. The number of hydrogen-bond donors (Lipinski definition) is 1. The number of carboxylic acid groups (broad SMARTS) is 1. The van der Waals surface area contributed by atoms with Crippen molar-refractivity contribution in [3.63, 3.8) is 0 Å². The topological polar surface area (TPSA) is 49.8 Å². The van der Waals surface area contributed by atoms with Crippen LogP contribution >= 0.6 is 11.6 Å². The summed E-state index contributed by atoms with van der Waals surface area (Å²) in [6.07, 6.45) is 2.28. The maximum atomic E-state index is 11.4. The molecule has 2 rings (SSSR count). The summed E-state index contributed by atoms with van der Waals surface area (Å²) in [5.74, 6) is -0.994. The van der Waals surface area contributed by atoms with Gasteiger partial charge in [0.05, 0.1) is 16.8 Å². The van der Waals surface area contributed by atoms with E-state index >= 15 is 0 Å². The predicted molar refractivity (Wildman–Crippen MR) is 75.3 cm³/mol. The number of carboxylic acids is 1. The standard InChI is InChI=1S/C14H18ClNO3/c1-2-16(9-10-5-4-8-19-10)12-7-3-6-11(15)13(12)14(17)18/h3,6-7,10H,2,4-5,8-9H2,1H3,(H,17,18). The molecule has 1 aromatic carbocycles. The smallest absolute Gasteiger partial charge is 0.339 e. The van der Waals surface area contributed by atoms with E-state index in [9.17, 15) is 9.90 Å². The molecule has 19 heavy (non-hydrogen) atoms. The molecule has 1 unspecified atom stereocenters. The molecule has 0 aromatic heterocycles. The van der Waals surface area contributed by atoms with E-state index in [2.05, 4.69) is 0 Å². The first-order valence-electron chi connectivity index (χ1n) is 6.51. The highest BCUT2D eigenvalue weighted by atomic mass is 35.5. The summed E-state index contributed by atoms with van der Waals surface area (Å²) in [5.41, 5.74) is 0.835. The Labute approximate surface area is 117 Å². The number of aromatic carboxylic acids is 1. The number of halogens is 1. The second-order valence-corrected chi connectivity index (χ2v) is 5.02. The zero-order chi connectivity index (χ0) is 13.8. The first-order chi connectivity index (χ1) is 9.13. The van der Waals surface area contributed by atoms with Crippen LogP contribution in [0.15, 0.2) is 18.2 Å². The molecular weight excluding hydrogens is 266 g/mol. The van der Waals surface area contributed by atoms with Crippen molar-refractivity contribution in [2.24, 2.45) is 0 Å². The fraction of sp³-hybridized carbons (Fsp3) is 0.500. The molecule has 4 nitrogen and oxygen atoms in total. The molecule has 104 valence electrons. The molecule has 0 saturated carbocycles. The van der Waals surface area contributed by atoms with Crippen molar-refractivity contribution in [3.8, 4) is 0 Å². The Kier molecular flexibility index (Phi) is 4.66. The lowest BCUT2D eigenvalue weighted by molar-refractivity contribution is 0.0697. The van der Waals surface area contributed by atoms with E-state index in [1.807, 2.05) is 11.8 Å². The molecule has 1 fully saturated rings. The summed E-state index contributed by atoms with van der Waals surface area (Å²) in [7, 11) is 0. The SMILES string of the molecule is CCN(CC1CCCO1)c1cccc(Cl)c1C(=O)O. The Bertz CT molecular complexity index is 458. The van der Waals surface area contributed by atoms with Crippen LogP contribution in [-0.2, 0) is 4.74 Å². The first-order valence-corrected chi connectivity index (χ1v) is 6.89. The van der Waals surface area contributed by atoms with Crippen LogP contribution in [0.5, 0.6) is 0 Å². The molecule has 1 atom stereocenters. The summed E-state index contributed by atoms with van der Waals surface area (Å²) in [4.78, 5) is 13.4. The molecule has 1 N–H and O–H groups in total. The zero-order valence-electron chi connectivity index (χ0n) is 10.9. The van der Waals surface area contributed by atoms with Gasteiger partial charge in [0.1, 0.15) is 5.56 Å². The van der Waals surface area contributed by atoms with E-state index in [0.717, 1.165) is 26.0 Å². The van der Waals surface area contributed by atoms with Gasteiger partial charge in [-0.1, -0.05) is 17.7 Å². The molecule has 1 aromatic rings. The highest BCUT2D eigenvalue weighted by Gasteiger charge is 2.23. The van der Waals surface area contributed by atoms with Crippen molar-refractivity contribution in [1.29, 1.82) is 0 Å². The third-order valence-corrected chi connectivity index (χ3v) is 3.69. The van der Waals surface area contributed by atoms with E-state index in [0.29, 0.717) is 12.2 Å². The molecule has 0 radical (unpaired) electrons. The average Bonchev–Trinajstić information content (AvgIpc) is 2.88. The Morgan fingerprint density at radius 2 is 2.37 bits per heavy atom. The summed E-state index contributed by atoms with van der Waals surface area (Å²) in [6.45, 7) is 4.22. The fourth-order valence-corrected chi connectivity index (χ4v) is 2.67. The van der Waals surface area contributed by atoms with Gasteiger partial charge in [-0.05, 0) is 31.9 Å². The minimum atomic E-state index is -0.994. The molecule has 0 spiro atoms. The van der Waals surface area contributed by atoms with Gasteiger partial charge in [0.2, 0.25) is 0 Å². The van der Waals surface area contributed by atoms with Crippen LogP contribution in [0, 0.1) is 0 Å². The molecule has 1 saturated heterocycles. The maximum Gasteiger partial charge on any atom is 0.339 e. The number of nitrogens with zero attached hydrogens (tertiary/aromatic N) is 1. The molecule has 5 heteroatoms. The number of anilines is 1. The highest BCUT2D eigenvalue weighted by molar-refractivity contribution is 6.34. The molecule has 0 amide bonds. The van der Waals surface area contributed by atoms with E-state index < -0.39 is 5.97 Å². The monoisotopic (exact) mass is 283 g/mol. The number of benzene rings is 1. The summed E-state index contributed by atoms with van der Waals surface area (Å²) < 4.78 is 5.62. The van der Waals surface area contributed by atoms with Crippen LogP contribution in [0.2, 0.25) is 5.02 Å². The minimum absolute atomic E-state index is 0.170. The predicted octanol–water partition coefficient (Wildman–Crippen LogP) is 3.04. The Morgan fingerprint density at radius 3 is 2.95 bits per heavy atom. The van der Waals surface area contributed by atoms with Crippen molar-refractivity contribution in [3.05, 3.63) is 28.8 Å². The van der Waals surface area contributed by atoms with Gasteiger partial charge in [-0.3, -0.25) is 0 Å². The molecule has 1 heterocycles. The second kappa shape index (κ2) is 6.26. The number of likely N-dealkylation sites (N-methyl/N-ethyl adjacent to an activating group) is 1. The van der Waals surface area contributed by atoms with Crippen LogP contribution < -0.4 is 4.90 Å². The summed E-state index contributed by atoms with van der Waals surface area (Å²) >= 11 is 6.00. The lowest BCUT2D eigenvalue weighted by Gasteiger charge is -2.27. The van der Waals surface area contributed by atoms with Crippen LogP contribution in [0.3, 0.4) is 0 Å². The maximum absolute atomic E-state index is 11.4. The van der Waals surface area contributed by atoms with Crippen molar-refractivity contribution in [2.75, 3.05) is 24.6 Å². The Morgan fingerprint density at radius 1 is 1.58 bits per heavy atom. The fourth-order valence-electron chi connectivity index (χ4n) is 2.42. The van der Waals surface area contributed by atoms with Gasteiger partial charge in [0, 0.05) is 19.7 Å². The molecule has 1 aliphatic heterocycles. The van der Waals surface area contributed by atoms with Gasteiger partial charge >= 0.3 is 5.97 Å². The van der Waals surface area contributed by atoms with Crippen molar-refractivity contribution in [1.82, 2.24) is 0 Å². The molecule has 0 bridgehead atoms. The van der Waals surface area contributed by atoms with E-state index in [1.165, 1.54) is 0 Å². The van der Waals surface area contributed by atoms with Gasteiger partial charge in [0.15, 0.2) is 0 Å². The first kappa shape index (κ1) is 14.2. The van der Waals surface area contributed by atoms with Crippen LogP contribution in [0.25, 0.3) is 0 Å². The van der Waals surface area contributed by atoms with Crippen LogP contribution in [-0.4, -0.2) is 36.9 Å². The largest absolute Gasteiger partial charge is 0.478 e. The van der Waals surface area contributed by atoms with Crippen molar-refractivity contribution < 1.29 is 14.6 Å². The number of rotatable bonds is 5. The molecular formula is C14H18ClNO3. The van der Waals surface area contributed by atoms with E-state index in [-0.39, 0.29) is 16.7 Å². The van der Waals surface area contributed by atoms with Gasteiger partial charge < -0.3 is 14.7 Å². The van der Waals surface area contributed by atoms with Gasteiger partial charge in [-0.2, -0.15) is 0 Å². The third-order valence-electron chi connectivity index (χ3n) is 3.38. The van der Waals surface area contributed by atoms with Gasteiger partial charge in [-0.15, -0.1) is 0 Å². The molecule has 1 aliphatic rings. The Balaban J connectivity index is 2.26. The van der Waals surface area contributed by atoms with E-state index in [1.54, 1.807) is 18.2 Å². The quantitative estimate of drug-likeness (QED) is 0.902. The zero-order valence-corrected chi connectivity index (χ0v) is 11.7. The van der Waals surface area contributed by atoms with Crippen molar-refractivity contribution in [2.45, 2.75) is 25.9 Å². The lowest BCUT2D eigenvalue weighted by Crippen LogP contribution is -2.33. The summed E-state index contributed by atoms with van der Waals surface area (Å²) in [5, 5.41) is 9.58. The van der Waals surface area contributed by atoms with E-state index in [4.69, 9.17) is 16.3 Å². The highest BCUT2D eigenvalue weighted by Crippen LogP contribution is 2.28. The molecule has 0 aliphatic carbocycles. The second-order valence-electron chi connectivity index (χ2n) is 4.61.